The van der Waals surface area contributed by atoms with Crippen LogP contribution in [0.1, 0.15) is 22.0 Å². The van der Waals surface area contributed by atoms with Crippen molar-refractivity contribution in [1.82, 2.24) is 4.98 Å². The smallest absolute Gasteiger partial charge is 0.337 e. The van der Waals surface area contributed by atoms with Crippen molar-refractivity contribution in [3.05, 3.63) is 35.5 Å². The molecule has 1 unspecified atom stereocenters. The quantitative estimate of drug-likeness (QED) is 0.613. The third-order valence-corrected chi connectivity index (χ3v) is 2.63. The first-order chi connectivity index (χ1) is 7.65. The van der Waals surface area contributed by atoms with Crippen molar-refractivity contribution >= 4 is 16.9 Å². The number of hydrogen-bond donors (Lipinski definition) is 4. The van der Waals surface area contributed by atoms with Gasteiger partial charge in [-0.3, -0.25) is 0 Å². The Morgan fingerprint density at radius 1 is 1.50 bits per heavy atom. The molecular formula is C11H13N3O2. The van der Waals surface area contributed by atoms with Crippen LogP contribution in [0.3, 0.4) is 0 Å². The Labute approximate surface area is 92.1 Å². The first-order valence-electron chi connectivity index (χ1n) is 4.94. The molecule has 1 atom stereocenters. The van der Waals surface area contributed by atoms with Crippen molar-refractivity contribution in [2.45, 2.75) is 6.04 Å². The number of rotatable bonds is 3. The van der Waals surface area contributed by atoms with Gasteiger partial charge in [0.2, 0.25) is 0 Å². The number of benzene rings is 1. The molecular weight excluding hydrogens is 206 g/mol. The average molecular weight is 219 g/mol. The van der Waals surface area contributed by atoms with Crippen LogP contribution < -0.4 is 11.5 Å². The van der Waals surface area contributed by atoms with Crippen LogP contribution in [0.5, 0.6) is 0 Å². The van der Waals surface area contributed by atoms with E-state index in [0.717, 1.165) is 10.9 Å². The van der Waals surface area contributed by atoms with Crippen LogP contribution in [-0.4, -0.2) is 22.6 Å². The molecule has 0 aliphatic rings. The summed E-state index contributed by atoms with van der Waals surface area (Å²) in [5.41, 5.74) is 13.0. The summed E-state index contributed by atoms with van der Waals surface area (Å²) in [5, 5.41) is 9.83. The number of nitrogens with two attached hydrogens (primary N) is 2. The van der Waals surface area contributed by atoms with Gasteiger partial charge in [0.15, 0.2) is 0 Å². The number of para-hydroxylation sites is 1. The van der Waals surface area contributed by atoms with Crippen molar-refractivity contribution in [3.8, 4) is 0 Å². The Hall–Kier alpha value is -1.85. The van der Waals surface area contributed by atoms with Crippen LogP contribution >= 0.6 is 0 Å². The molecule has 0 saturated heterocycles. The van der Waals surface area contributed by atoms with Gasteiger partial charge < -0.3 is 21.6 Å². The van der Waals surface area contributed by atoms with Gasteiger partial charge in [-0.25, -0.2) is 4.79 Å². The fourth-order valence-electron chi connectivity index (χ4n) is 1.79. The summed E-state index contributed by atoms with van der Waals surface area (Å²) in [4.78, 5) is 13.9. The summed E-state index contributed by atoms with van der Waals surface area (Å²) in [5.74, 6) is -0.958. The summed E-state index contributed by atoms with van der Waals surface area (Å²) in [6.45, 7) is 0.324. The fraction of sp³-hybridized carbons (Fsp3) is 0.182. The molecule has 5 heteroatoms. The minimum Gasteiger partial charge on any atom is -0.478 e. The SMILES string of the molecule is NCC(N)c1c[nH]c2c(C(=O)O)cccc12. The van der Waals surface area contributed by atoms with E-state index >= 15 is 0 Å². The van der Waals surface area contributed by atoms with Gasteiger partial charge in [0, 0.05) is 24.2 Å². The molecule has 2 aromatic rings. The number of aromatic amines is 1. The lowest BCUT2D eigenvalue weighted by Crippen LogP contribution is -2.20. The number of aromatic nitrogens is 1. The van der Waals surface area contributed by atoms with Gasteiger partial charge in [-0.2, -0.15) is 0 Å². The molecule has 1 aromatic heterocycles. The first kappa shape index (κ1) is 10.7. The lowest BCUT2D eigenvalue weighted by molar-refractivity contribution is 0.0699. The van der Waals surface area contributed by atoms with E-state index in [2.05, 4.69) is 4.98 Å². The second-order valence-corrected chi connectivity index (χ2v) is 3.62. The van der Waals surface area contributed by atoms with Crippen molar-refractivity contribution in [1.29, 1.82) is 0 Å². The third-order valence-electron chi connectivity index (χ3n) is 2.63. The Morgan fingerprint density at radius 3 is 2.88 bits per heavy atom. The molecule has 5 nitrogen and oxygen atoms in total. The first-order valence-corrected chi connectivity index (χ1v) is 4.94. The second-order valence-electron chi connectivity index (χ2n) is 3.62. The third kappa shape index (κ3) is 1.56. The molecule has 6 N–H and O–H groups in total. The summed E-state index contributed by atoms with van der Waals surface area (Å²) >= 11 is 0. The van der Waals surface area contributed by atoms with Crippen LogP contribution in [0.4, 0.5) is 0 Å². The summed E-state index contributed by atoms with van der Waals surface area (Å²) in [6, 6.07) is 4.81. The Balaban J connectivity index is 2.66. The summed E-state index contributed by atoms with van der Waals surface area (Å²) < 4.78 is 0. The molecule has 0 spiro atoms. The number of hydrogen-bond acceptors (Lipinski definition) is 3. The van der Waals surface area contributed by atoms with Gasteiger partial charge >= 0.3 is 5.97 Å². The zero-order valence-corrected chi connectivity index (χ0v) is 8.60. The molecule has 16 heavy (non-hydrogen) atoms. The molecule has 84 valence electrons. The Kier molecular flexibility index (Phi) is 2.64. The monoisotopic (exact) mass is 219 g/mol. The Morgan fingerprint density at radius 2 is 2.25 bits per heavy atom. The summed E-state index contributed by atoms with van der Waals surface area (Å²) in [6.07, 6.45) is 1.72. The van der Waals surface area contributed by atoms with Crippen LogP contribution in [0, 0.1) is 0 Å². The highest BCUT2D eigenvalue weighted by Crippen LogP contribution is 2.25. The van der Waals surface area contributed by atoms with Crippen molar-refractivity contribution in [2.24, 2.45) is 11.5 Å². The van der Waals surface area contributed by atoms with E-state index in [0.29, 0.717) is 12.1 Å². The van der Waals surface area contributed by atoms with Crippen LogP contribution in [0.2, 0.25) is 0 Å². The molecule has 0 bridgehead atoms. The summed E-state index contributed by atoms with van der Waals surface area (Å²) in [7, 11) is 0. The zero-order valence-electron chi connectivity index (χ0n) is 8.60. The maximum absolute atomic E-state index is 11.0. The standard InChI is InChI=1S/C11H13N3O2/c12-4-9(13)8-5-14-10-6(8)2-1-3-7(10)11(15)16/h1-3,5,9,14H,4,12-13H2,(H,15,16). The number of carbonyl (C=O) groups is 1. The number of H-pyrrole nitrogens is 1. The number of carboxylic acid groups (broad SMARTS) is 1. The molecule has 0 fully saturated rings. The van der Waals surface area contributed by atoms with Gasteiger partial charge in [-0.1, -0.05) is 12.1 Å². The van der Waals surface area contributed by atoms with Gasteiger partial charge in [0.05, 0.1) is 11.1 Å². The number of carboxylic acids is 1. The number of nitrogens with one attached hydrogen (secondary N) is 1. The van der Waals surface area contributed by atoms with E-state index in [4.69, 9.17) is 16.6 Å². The molecule has 0 aliphatic heterocycles. The molecule has 0 aliphatic carbocycles. The van der Waals surface area contributed by atoms with Gasteiger partial charge in [0.25, 0.3) is 0 Å². The van der Waals surface area contributed by atoms with E-state index in [1.165, 1.54) is 0 Å². The number of aromatic carboxylic acids is 1. The van der Waals surface area contributed by atoms with E-state index in [1.807, 2.05) is 6.07 Å². The molecule has 1 aromatic carbocycles. The van der Waals surface area contributed by atoms with Crippen molar-refractivity contribution in [2.75, 3.05) is 6.54 Å². The average Bonchev–Trinajstić information content (AvgIpc) is 2.71. The predicted molar refractivity (Wildman–Crippen MR) is 61.2 cm³/mol. The minimum atomic E-state index is -0.958. The molecule has 0 radical (unpaired) electrons. The highest BCUT2D eigenvalue weighted by Gasteiger charge is 2.14. The largest absolute Gasteiger partial charge is 0.478 e. The Bertz CT molecular complexity index is 533. The minimum absolute atomic E-state index is 0.243. The van der Waals surface area contributed by atoms with Crippen LogP contribution in [0.25, 0.3) is 10.9 Å². The fourth-order valence-corrected chi connectivity index (χ4v) is 1.79. The van der Waals surface area contributed by atoms with E-state index in [-0.39, 0.29) is 11.6 Å². The van der Waals surface area contributed by atoms with E-state index < -0.39 is 5.97 Å². The van der Waals surface area contributed by atoms with Crippen molar-refractivity contribution < 1.29 is 9.90 Å². The molecule has 1 heterocycles. The van der Waals surface area contributed by atoms with Crippen LogP contribution in [-0.2, 0) is 0 Å². The number of fused-ring (bicyclic) bond motifs is 1. The molecule has 0 amide bonds. The van der Waals surface area contributed by atoms with Crippen molar-refractivity contribution in [3.63, 3.8) is 0 Å². The normalized spacial score (nSPS) is 12.9. The predicted octanol–water partition coefficient (Wildman–Crippen LogP) is 0.825. The van der Waals surface area contributed by atoms with Gasteiger partial charge in [-0.15, -0.1) is 0 Å². The van der Waals surface area contributed by atoms with Crippen LogP contribution in [0.15, 0.2) is 24.4 Å². The molecule has 0 saturated carbocycles. The van der Waals surface area contributed by atoms with E-state index in [9.17, 15) is 4.79 Å². The lowest BCUT2D eigenvalue weighted by atomic mass is 10.0. The maximum atomic E-state index is 11.0. The molecule has 2 rings (SSSR count). The van der Waals surface area contributed by atoms with Gasteiger partial charge in [0.1, 0.15) is 0 Å². The van der Waals surface area contributed by atoms with Gasteiger partial charge in [-0.05, 0) is 11.6 Å². The van der Waals surface area contributed by atoms with E-state index in [1.54, 1.807) is 18.3 Å². The lowest BCUT2D eigenvalue weighted by Gasteiger charge is -2.06. The maximum Gasteiger partial charge on any atom is 0.337 e. The topological polar surface area (TPSA) is 105 Å². The highest BCUT2D eigenvalue weighted by molar-refractivity contribution is 6.03. The highest BCUT2D eigenvalue weighted by atomic mass is 16.4. The zero-order chi connectivity index (χ0) is 11.7. The second kappa shape index (κ2) is 3.96.